The molecule has 2 fully saturated rings. The van der Waals surface area contributed by atoms with Crippen molar-refractivity contribution in [1.29, 1.82) is 0 Å². The number of carbonyl (C=O) groups excluding carboxylic acids is 2. The first-order valence-corrected chi connectivity index (χ1v) is 10.3. The maximum atomic E-state index is 11.6. The van der Waals surface area contributed by atoms with Gasteiger partial charge in [-0.2, -0.15) is 0 Å². The van der Waals surface area contributed by atoms with Crippen LogP contribution in [0.15, 0.2) is 22.8 Å². The Labute approximate surface area is 157 Å². The summed E-state index contributed by atoms with van der Waals surface area (Å²) in [4.78, 5) is 22.9. The van der Waals surface area contributed by atoms with Crippen LogP contribution < -0.4 is 0 Å². The van der Waals surface area contributed by atoms with Gasteiger partial charge in [-0.15, -0.1) is 0 Å². The van der Waals surface area contributed by atoms with Crippen LogP contribution >= 0.6 is 0 Å². The van der Waals surface area contributed by atoms with Crippen LogP contribution in [0.5, 0.6) is 0 Å². The summed E-state index contributed by atoms with van der Waals surface area (Å²) in [5, 5.41) is 0. The van der Waals surface area contributed by atoms with E-state index < -0.39 is 0 Å². The molecule has 0 radical (unpaired) electrons. The zero-order valence-electron chi connectivity index (χ0n) is 16.6. The van der Waals surface area contributed by atoms with Crippen molar-refractivity contribution < 1.29 is 14.3 Å². The van der Waals surface area contributed by atoms with Crippen LogP contribution in [-0.4, -0.2) is 18.4 Å². The van der Waals surface area contributed by atoms with Crippen molar-refractivity contribution in [2.45, 2.75) is 78.7 Å². The van der Waals surface area contributed by atoms with Gasteiger partial charge in [0.05, 0.1) is 0 Å². The first kappa shape index (κ1) is 18.0. The molecule has 0 N–H and O–H groups in total. The third-order valence-corrected chi connectivity index (χ3v) is 8.70. The molecule has 2 saturated carbocycles. The lowest BCUT2D eigenvalue weighted by molar-refractivity contribution is -0.148. The molecule has 0 aromatic heterocycles. The molecular weight excluding hydrogens is 324 g/mol. The SMILES string of the molecule is CC(=O)O[C@H]1CCC2(C)C(=CCC3C2CC[C@]2(C)C(C)=C(C=O)CC32)C1. The summed E-state index contributed by atoms with van der Waals surface area (Å²) in [5.74, 6) is 1.84. The minimum atomic E-state index is -0.157. The topological polar surface area (TPSA) is 43.4 Å². The fourth-order valence-electron chi connectivity index (χ4n) is 7.02. The Balaban J connectivity index is 1.61. The number of allylic oxidation sites excluding steroid dienone is 3. The van der Waals surface area contributed by atoms with E-state index in [4.69, 9.17) is 4.74 Å². The molecule has 0 aromatic rings. The van der Waals surface area contributed by atoms with Crippen LogP contribution in [0.25, 0.3) is 0 Å². The largest absolute Gasteiger partial charge is 0.462 e. The van der Waals surface area contributed by atoms with Gasteiger partial charge in [0.25, 0.3) is 0 Å². The lowest BCUT2D eigenvalue weighted by Crippen LogP contribution is -2.50. The summed E-state index contributed by atoms with van der Waals surface area (Å²) in [6.45, 7) is 8.57. The van der Waals surface area contributed by atoms with Gasteiger partial charge < -0.3 is 4.74 Å². The molecule has 3 heteroatoms. The molecule has 0 saturated heterocycles. The van der Waals surface area contributed by atoms with Gasteiger partial charge in [0, 0.05) is 13.3 Å². The van der Waals surface area contributed by atoms with Gasteiger partial charge in [0.1, 0.15) is 12.4 Å². The second-order valence-electron chi connectivity index (χ2n) is 9.66. The lowest BCUT2D eigenvalue weighted by Gasteiger charge is -2.57. The number of fused-ring (bicyclic) bond motifs is 5. The van der Waals surface area contributed by atoms with Gasteiger partial charge in [-0.3, -0.25) is 9.59 Å². The van der Waals surface area contributed by atoms with E-state index in [0.717, 1.165) is 44.0 Å². The van der Waals surface area contributed by atoms with Crippen molar-refractivity contribution in [1.82, 2.24) is 0 Å². The van der Waals surface area contributed by atoms with Crippen LogP contribution in [0, 0.1) is 28.6 Å². The fraction of sp³-hybridized carbons (Fsp3) is 0.739. The zero-order valence-corrected chi connectivity index (χ0v) is 16.6. The van der Waals surface area contributed by atoms with Crippen LogP contribution in [0.2, 0.25) is 0 Å². The molecule has 4 aliphatic carbocycles. The normalized spacial score (nSPS) is 44.5. The minimum absolute atomic E-state index is 0.0642. The van der Waals surface area contributed by atoms with Crippen LogP contribution in [0.4, 0.5) is 0 Å². The van der Waals surface area contributed by atoms with E-state index in [9.17, 15) is 9.59 Å². The Bertz CT molecular complexity index is 702. The molecule has 0 bridgehead atoms. The van der Waals surface area contributed by atoms with Gasteiger partial charge >= 0.3 is 5.97 Å². The Morgan fingerprint density at radius 1 is 1.15 bits per heavy atom. The number of ether oxygens (including phenoxy) is 1. The van der Waals surface area contributed by atoms with Gasteiger partial charge in [-0.25, -0.2) is 0 Å². The molecule has 4 unspecified atom stereocenters. The van der Waals surface area contributed by atoms with Crippen LogP contribution in [0.1, 0.15) is 72.6 Å². The summed E-state index contributed by atoms with van der Waals surface area (Å²) in [7, 11) is 0. The van der Waals surface area contributed by atoms with Crippen molar-refractivity contribution >= 4 is 12.3 Å². The van der Waals surface area contributed by atoms with Crippen molar-refractivity contribution in [3.8, 4) is 0 Å². The van der Waals surface area contributed by atoms with Crippen LogP contribution in [-0.2, 0) is 14.3 Å². The van der Waals surface area contributed by atoms with Crippen molar-refractivity contribution in [2.24, 2.45) is 28.6 Å². The average molecular weight is 357 g/mol. The van der Waals surface area contributed by atoms with Crippen molar-refractivity contribution in [3.05, 3.63) is 22.8 Å². The Morgan fingerprint density at radius 2 is 1.88 bits per heavy atom. The number of aldehydes is 1. The van der Waals surface area contributed by atoms with E-state index in [-0.39, 0.29) is 22.9 Å². The molecule has 6 atom stereocenters. The van der Waals surface area contributed by atoms with Gasteiger partial charge in [0.2, 0.25) is 0 Å². The Hall–Kier alpha value is -1.38. The number of hydrogen-bond acceptors (Lipinski definition) is 3. The summed E-state index contributed by atoms with van der Waals surface area (Å²) < 4.78 is 5.52. The third kappa shape index (κ3) is 2.46. The van der Waals surface area contributed by atoms with Gasteiger partial charge in [-0.1, -0.05) is 31.1 Å². The van der Waals surface area contributed by atoms with Crippen molar-refractivity contribution in [3.63, 3.8) is 0 Å². The third-order valence-electron chi connectivity index (χ3n) is 8.70. The molecule has 142 valence electrons. The van der Waals surface area contributed by atoms with E-state index in [1.54, 1.807) is 0 Å². The summed E-state index contributed by atoms with van der Waals surface area (Å²) in [5.41, 5.74) is 4.41. The summed E-state index contributed by atoms with van der Waals surface area (Å²) in [6.07, 6.45) is 11.2. The summed E-state index contributed by atoms with van der Waals surface area (Å²) >= 11 is 0. The highest BCUT2D eigenvalue weighted by atomic mass is 16.5. The second kappa shape index (κ2) is 6.07. The molecule has 0 aromatic carbocycles. The average Bonchev–Trinajstić information content (AvgIpc) is 2.86. The quantitative estimate of drug-likeness (QED) is 0.397. The Kier molecular flexibility index (Phi) is 4.20. The minimum Gasteiger partial charge on any atom is -0.462 e. The molecule has 4 rings (SSSR count). The van der Waals surface area contributed by atoms with Gasteiger partial charge in [0.15, 0.2) is 0 Å². The van der Waals surface area contributed by atoms with Crippen molar-refractivity contribution in [2.75, 3.05) is 0 Å². The monoisotopic (exact) mass is 356 g/mol. The number of hydrogen-bond donors (Lipinski definition) is 0. The predicted octanol–water partition coefficient (Wildman–Crippen LogP) is 5.01. The maximum absolute atomic E-state index is 11.6. The predicted molar refractivity (Wildman–Crippen MR) is 101 cm³/mol. The molecule has 0 spiro atoms. The van der Waals surface area contributed by atoms with E-state index in [1.165, 1.54) is 30.9 Å². The second-order valence-corrected chi connectivity index (χ2v) is 9.66. The van der Waals surface area contributed by atoms with Gasteiger partial charge in [-0.05, 0) is 79.6 Å². The fourth-order valence-corrected chi connectivity index (χ4v) is 7.02. The zero-order chi connectivity index (χ0) is 18.7. The number of esters is 1. The van der Waals surface area contributed by atoms with E-state index in [0.29, 0.717) is 17.8 Å². The molecular formula is C23H32O3. The highest BCUT2D eigenvalue weighted by Crippen LogP contribution is 2.65. The number of rotatable bonds is 2. The molecule has 26 heavy (non-hydrogen) atoms. The van der Waals surface area contributed by atoms with E-state index >= 15 is 0 Å². The smallest absolute Gasteiger partial charge is 0.302 e. The molecule has 0 amide bonds. The molecule has 3 nitrogen and oxygen atoms in total. The molecule has 0 heterocycles. The summed E-state index contributed by atoms with van der Waals surface area (Å²) in [6, 6.07) is 0. The first-order valence-electron chi connectivity index (χ1n) is 10.3. The Morgan fingerprint density at radius 3 is 2.58 bits per heavy atom. The highest BCUT2D eigenvalue weighted by Gasteiger charge is 2.57. The van der Waals surface area contributed by atoms with Crippen LogP contribution in [0.3, 0.4) is 0 Å². The first-order chi connectivity index (χ1) is 12.3. The molecule has 0 aliphatic heterocycles. The standard InChI is InChI=1S/C23H32O3/c1-14-16(13-24)11-21-19-6-5-17-12-18(26-15(2)25)7-9-23(17,4)20(19)8-10-22(14,21)3/h5,13,18-21H,6-12H2,1-4H3/t18-,19?,20?,21?,22+,23?/m0/s1. The highest BCUT2D eigenvalue weighted by molar-refractivity contribution is 5.76. The van der Waals surface area contributed by atoms with E-state index in [2.05, 4.69) is 26.8 Å². The maximum Gasteiger partial charge on any atom is 0.302 e. The molecule has 4 aliphatic rings. The number of carbonyl (C=O) groups is 2. The lowest BCUT2D eigenvalue weighted by atomic mass is 9.47. The van der Waals surface area contributed by atoms with E-state index in [1.807, 2.05) is 0 Å².